The summed E-state index contributed by atoms with van der Waals surface area (Å²) in [6.45, 7) is 5.20. The zero-order valence-corrected chi connectivity index (χ0v) is 16.5. The maximum atomic E-state index is 10.2. The Kier molecular flexibility index (Phi) is 4.01. The third-order valence-electron chi connectivity index (χ3n) is 9.72. The predicted molar refractivity (Wildman–Crippen MR) is 105 cm³/mol. The Hall–Kier alpha value is -0.890. The van der Waals surface area contributed by atoms with E-state index in [0.29, 0.717) is 16.7 Å². The van der Waals surface area contributed by atoms with Crippen LogP contribution >= 0.6 is 0 Å². The van der Waals surface area contributed by atoms with Crippen molar-refractivity contribution >= 4 is 0 Å². The van der Waals surface area contributed by atoms with Gasteiger partial charge in [0.15, 0.2) is 0 Å². The van der Waals surface area contributed by atoms with Gasteiger partial charge in [0.2, 0.25) is 0 Å². The lowest BCUT2D eigenvalue weighted by atomic mass is 9.44. The minimum absolute atomic E-state index is 0.0278. The lowest BCUT2D eigenvalue weighted by Crippen LogP contribution is -2.53. The maximum Gasteiger partial charge on any atom is 0.0543 e. The van der Waals surface area contributed by atoms with Crippen molar-refractivity contribution < 1.29 is 5.11 Å². The van der Waals surface area contributed by atoms with Crippen LogP contribution in [0.15, 0.2) is 24.5 Å². The predicted octanol–water partition coefficient (Wildman–Crippen LogP) is 5.57. The Balaban J connectivity index is 1.43. The van der Waals surface area contributed by atoms with Gasteiger partial charge in [-0.05, 0) is 110 Å². The van der Waals surface area contributed by atoms with Gasteiger partial charge in [-0.15, -0.1) is 0 Å². The SMILES string of the molecule is C[C@]12CC[C@H](O)C[C@@H]1CC[C@@H]1[C@@H]2CC[C@]2(C)[C@@H](c3cccnc3)CC[C@@H]12. The van der Waals surface area contributed by atoms with Crippen molar-refractivity contribution in [2.24, 2.45) is 34.5 Å². The summed E-state index contributed by atoms with van der Waals surface area (Å²) in [5.41, 5.74) is 2.45. The average molecular weight is 354 g/mol. The van der Waals surface area contributed by atoms with Crippen LogP contribution in [-0.4, -0.2) is 16.2 Å². The van der Waals surface area contributed by atoms with Gasteiger partial charge in [0, 0.05) is 12.4 Å². The molecule has 1 N–H and O–H groups in total. The van der Waals surface area contributed by atoms with Crippen LogP contribution < -0.4 is 0 Å². The van der Waals surface area contributed by atoms with Crippen LogP contribution in [0.3, 0.4) is 0 Å². The molecular formula is C24H35NO. The van der Waals surface area contributed by atoms with E-state index < -0.39 is 0 Å². The zero-order chi connectivity index (χ0) is 17.9. The summed E-state index contributed by atoms with van der Waals surface area (Å²) in [6, 6.07) is 4.44. The second kappa shape index (κ2) is 6.06. The molecule has 5 rings (SSSR count). The van der Waals surface area contributed by atoms with Gasteiger partial charge in [0.25, 0.3) is 0 Å². The van der Waals surface area contributed by atoms with Gasteiger partial charge in [0.05, 0.1) is 6.10 Å². The first-order chi connectivity index (χ1) is 12.5. The Labute approximate surface area is 158 Å². The number of fused-ring (bicyclic) bond motifs is 5. The Morgan fingerprint density at radius 2 is 1.77 bits per heavy atom. The van der Waals surface area contributed by atoms with Gasteiger partial charge in [-0.2, -0.15) is 0 Å². The van der Waals surface area contributed by atoms with E-state index in [2.05, 4.69) is 37.2 Å². The molecule has 2 heteroatoms. The van der Waals surface area contributed by atoms with Crippen molar-refractivity contribution in [2.75, 3.05) is 0 Å². The molecule has 0 bridgehead atoms. The number of pyridine rings is 1. The molecule has 0 spiro atoms. The molecule has 1 aromatic heterocycles. The maximum absolute atomic E-state index is 10.2. The fourth-order valence-corrected chi connectivity index (χ4v) is 8.37. The fourth-order valence-electron chi connectivity index (χ4n) is 8.37. The molecule has 0 aliphatic heterocycles. The minimum atomic E-state index is -0.0278. The molecule has 2 nitrogen and oxygen atoms in total. The van der Waals surface area contributed by atoms with E-state index in [9.17, 15) is 5.11 Å². The van der Waals surface area contributed by atoms with Gasteiger partial charge in [-0.3, -0.25) is 4.98 Å². The van der Waals surface area contributed by atoms with Crippen LogP contribution in [0, 0.1) is 34.5 Å². The summed E-state index contributed by atoms with van der Waals surface area (Å²) in [5, 5.41) is 10.2. The molecule has 142 valence electrons. The van der Waals surface area contributed by atoms with E-state index in [1.165, 1.54) is 50.5 Å². The van der Waals surface area contributed by atoms with Crippen molar-refractivity contribution in [3.63, 3.8) is 0 Å². The summed E-state index contributed by atoms with van der Waals surface area (Å²) in [6.07, 6.45) is 15.7. The number of hydrogen-bond donors (Lipinski definition) is 1. The third-order valence-corrected chi connectivity index (χ3v) is 9.72. The molecule has 4 aliphatic rings. The van der Waals surface area contributed by atoms with Crippen molar-refractivity contribution in [3.8, 4) is 0 Å². The van der Waals surface area contributed by atoms with E-state index in [1.807, 2.05) is 6.20 Å². The van der Waals surface area contributed by atoms with Crippen LogP contribution in [0.5, 0.6) is 0 Å². The lowest BCUT2D eigenvalue weighted by Gasteiger charge is -2.61. The van der Waals surface area contributed by atoms with Crippen molar-refractivity contribution in [1.82, 2.24) is 4.98 Å². The third kappa shape index (κ3) is 2.37. The molecule has 8 atom stereocenters. The second-order valence-electron chi connectivity index (χ2n) is 10.5. The summed E-state index contributed by atoms with van der Waals surface area (Å²) in [7, 11) is 0. The minimum Gasteiger partial charge on any atom is -0.393 e. The molecule has 0 unspecified atom stereocenters. The largest absolute Gasteiger partial charge is 0.393 e. The highest BCUT2D eigenvalue weighted by Crippen LogP contribution is 2.68. The highest BCUT2D eigenvalue weighted by Gasteiger charge is 2.60. The molecule has 0 amide bonds. The van der Waals surface area contributed by atoms with Crippen molar-refractivity contribution in [2.45, 2.75) is 83.7 Å². The molecule has 4 aliphatic carbocycles. The average Bonchev–Trinajstić information content (AvgIpc) is 3.00. The molecule has 1 aromatic rings. The summed E-state index contributed by atoms with van der Waals surface area (Å²) in [4.78, 5) is 4.43. The van der Waals surface area contributed by atoms with Gasteiger partial charge in [0.1, 0.15) is 0 Å². The first-order valence-electron chi connectivity index (χ1n) is 11.1. The Morgan fingerprint density at radius 3 is 2.58 bits per heavy atom. The van der Waals surface area contributed by atoms with E-state index in [-0.39, 0.29) is 6.10 Å². The lowest BCUT2D eigenvalue weighted by molar-refractivity contribution is -0.122. The normalized spacial score (nSPS) is 50.6. The topological polar surface area (TPSA) is 33.1 Å². The number of nitrogens with zero attached hydrogens (tertiary/aromatic N) is 1. The van der Waals surface area contributed by atoms with E-state index >= 15 is 0 Å². The summed E-state index contributed by atoms with van der Waals surface area (Å²) < 4.78 is 0. The van der Waals surface area contributed by atoms with E-state index in [0.717, 1.165) is 36.5 Å². The number of aliphatic hydroxyl groups is 1. The van der Waals surface area contributed by atoms with E-state index in [1.54, 1.807) is 0 Å². The number of aromatic nitrogens is 1. The molecule has 4 saturated carbocycles. The number of hydrogen-bond acceptors (Lipinski definition) is 2. The fraction of sp³-hybridized carbons (Fsp3) is 0.792. The monoisotopic (exact) mass is 353 g/mol. The molecule has 4 fully saturated rings. The summed E-state index contributed by atoms with van der Waals surface area (Å²) in [5.74, 6) is 4.20. The smallest absolute Gasteiger partial charge is 0.0543 e. The number of aliphatic hydroxyl groups excluding tert-OH is 1. The number of rotatable bonds is 1. The van der Waals surface area contributed by atoms with E-state index in [4.69, 9.17) is 0 Å². The summed E-state index contributed by atoms with van der Waals surface area (Å²) >= 11 is 0. The van der Waals surface area contributed by atoms with Crippen LogP contribution in [0.4, 0.5) is 0 Å². The first kappa shape index (κ1) is 17.2. The molecule has 0 aromatic carbocycles. The highest BCUT2D eigenvalue weighted by molar-refractivity contribution is 5.23. The van der Waals surface area contributed by atoms with Crippen LogP contribution in [0.25, 0.3) is 0 Å². The molecule has 26 heavy (non-hydrogen) atoms. The van der Waals surface area contributed by atoms with Gasteiger partial charge in [-0.1, -0.05) is 19.9 Å². The first-order valence-corrected chi connectivity index (χ1v) is 11.1. The molecular weight excluding hydrogens is 318 g/mol. The van der Waals surface area contributed by atoms with Gasteiger partial charge in [-0.25, -0.2) is 0 Å². The Bertz CT molecular complexity index is 659. The quantitative estimate of drug-likeness (QED) is 0.716. The molecule has 0 radical (unpaired) electrons. The van der Waals surface area contributed by atoms with Gasteiger partial charge < -0.3 is 5.11 Å². The molecule has 0 saturated heterocycles. The Morgan fingerprint density at radius 1 is 0.962 bits per heavy atom. The standard InChI is InChI=1S/C24H35NO/c1-23-11-9-18(26)14-17(23)5-6-19-21-8-7-20(16-4-3-13-25-15-16)24(21,2)12-10-22(19)23/h3-4,13,15,17-22,26H,5-12,14H2,1-2H3/t17-,18-,19-,20+,21-,22-,23-,24+/m0/s1. The van der Waals surface area contributed by atoms with Crippen LogP contribution in [-0.2, 0) is 0 Å². The van der Waals surface area contributed by atoms with Crippen molar-refractivity contribution in [3.05, 3.63) is 30.1 Å². The van der Waals surface area contributed by atoms with Crippen LogP contribution in [0.1, 0.15) is 83.1 Å². The zero-order valence-electron chi connectivity index (χ0n) is 16.5. The highest BCUT2D eigenvalue weighted by atomic mass is 16.3. The molecule has 1 heterocycles. The van der Waals surface area contributed by atoms with Gasteiger partial charge >= 0.3 is 0 Å². The van der Waals surface area contributed by atoms with Crippen LogP contribution in [0.2, 0.25) is 0 Å². The second-order valence-corrected chi connectivity index (χ2v) is 10.5. The van der Waals surface area contributed by atoms with Crippen molar-refractivity contribution in [1.29, 1.82) is 0 Å².